The van der Waals surface area contributed by atoms with Gasteiger partial charge in [-0.2, -0.15) is 0 Å². The van der Waals surface area contributed by atoms with Crippen LogP contribution in [0.3, 0.4) is 0 Å². The number of ether oxygens (including phenoxy) is 4. The van der Waals surface area contributed by atoms with Crippen molar-refractivity contribution in [2.45, 2.75) is 6.54 Å². The van der Waals surface area contributed by atoms with Gasteiger partial charge >= 0.3 is 0 Å². The van der Waals surface area contributed by atoms with Gasteiger partial charge in [-0.05, 0) is 41.5 Å². The summed E-state index contributed by atoms with van der Waals surface area (Å²) in [6, 6.07) is 11.2. The Balaban J connectivity index is 1.48. The Morgan fingerprint density at radius 2 is 2.00 bits per heavy atom. The smallest absolute Gasteiger partial charge is 0.244 e. The van der Waals surface area contributed by atoms with Crippen molar-refractivity contribution in [1.82, 2.24) is 10.2 Å². The summed E-state index contributed by atoms with van der Waals surface area (Å²) < 4.78 is 21.7. The number of carbonyl (C=O) groups excluding carboxylic acids is 1. The molecule has 7 nitrogen and oxygen atoms in total. The van der Waals surface area contributed by atoms with Crippen molar-refractivity contribution in [1.29, 1.82) is 0 Å². The van der Waals surface area contributed by atoms with E-state index in [0.29, 0.717) is 29.7 Å². The number of halogens is 1. The molecule has 0 atom stereocenters. The van der Waals surface area contributed by atoms with Gasteiger partial charge in [-0.1, -0.05) is 23.7 Å². The molecule has 1 heterocycles. The Morgan fingerprint density at radius 3 is 2.75 bits per heavy atom. The third-order valence-corrected chi connectivity index (χ3v) is 5.31. The lowest BCUT2D eigenvalue weighted by Gasteiger charge is -2.26. The second-order valence-corrected chi connectivity index (χ2v) is 7.65. The number of nitrogens with zero attached hydrogens (tertiary/aromatic N) is 1. The van der Waals surface area contributed by atoms with E-state index in [4.69, 9.17) is 30.5 Å². The van der Waals surface area contributed by atoms with Gasteiger partial charge in [-0.25, -0.2) is 0 Å². The summed E-state index contributed by atoms with van der Waals surface area (Å²) in [5, 5.41) is 3.29. The van der Waals surface area contributed by atoms with Gasteiger partial charge in [0.2, 0.25) is 5.91 Å². The summed E-state index contributed by atoms with van der Waals surface area (Å²) in [7, 11) is 3.06. The van der Waals surface area contributed by atoms with Crippen molar-refractivity contribution in [3.05, 3.63) is 58.6 Å². The summed E-state index contributed by atoms with van der Waals surface area (Å²) in [6.45, 7) is 5.33. The Labute approximate surface area is 193 Å². The first-order valence-corrected chi connectivity index (χ1v) is 10.9. The maximum Gasteiger partial charge on any atom is 0.244 e. The zero-order valence-electron chi connectivity index (χ0n) is 18.4. The number of amides is 1. The number of rotatable bonds is 10. The minimum Gasteiger partial charge on any atom is -0.493 e. The predicted octanol–water partition coefficient (Wildman–Crippen LogP) is 3.40. The van der Waals surface area contributed by atoms with Crippen LogP contribution in [0.2, 0.25) is 5.02 Å². The average Bonchev–Trinajstić information content (AvgIpc) is 2.82. The van der Waals surface area contributed by atoms with Crippen LogP contribution in [0.1, 0.15) is 11.1 Å². The molecule has 0 aliphatic carbocycles. The Kier molecular flexibility index (Phi) is 9.22. The first-order valence-electron chi connectivity index (χ1n) is 10.5. The molecule has 32 heavy (non-hydrogen) atoms. The van der Waals surface area contributed by atoms with Crippen molar-refractivity contribution >= 4 is 23.6 Å². The monoisotopic (exact) mass is 460 g/mol. The first-order chi connectivity index (χ1) is 15.6. The predicted molar refractivity (Wildman–Crippen MR) is 125 cm³/mol. The van der Waals surface area contributed by atoms with E-state index in [1.54, 1.807) is 18.2 Å². The molecular formula is C24H29ClN2O5. The Bertz CT molecular complexity index is 929. The normalized spacial score (nSPS) is 14.3. The fourth-order valence-corrected chi connectivity index (χ4v) is 3.61. The fraction of sp³-hybridized carbons (Fsp3) is 0.375. The van der Waals surface area contributed by atoms with Gasteiger partial charge in [-0.3, -0.25) is 9.69 Å². The summed E-state index contributed by atoms with van der Waals surface area (Å²) in [6.07, 6.45) is 3.13. The molecule has 0 saturated carbocycles. The highest BCUT2D eigenvalue weighted by atomic mass is 35.5. The topological polar surface area (TPSA) is 69.3 Å². The number of methoxy groups -OCH3 is 2. The van der Waals surface area contributed by atoms with Crippen LogP contribution in [-0.2, 0) is 16.1 Å². The Morgan fingerprint density at radius 1 is 1.19 bits per heavy atom. The lowest BCUT2D eigenvalue weighted by molar-refractivity contribution is -0.116. The third kappa shape index (κ3) is 7.15. The molecule has 172 valence electrons. The van der Waals surface area contributed by atoms with Gasteiger partial charge in [0, 0.05) is 32.3 Å². The van der Waals surface area contributed by atoms with Gasteiger partial charge in [0.25, 0.3) is 0 Å². The second kappa shape index (κ2) is 12.3. The van der Waals surface area contributed by atoms with E-state index < -0.39 is 0 Å². The number of hydrogen-bond acceptors (Lipinski definition) is 6. The fourth-order valence-electron chi connectivity index (χ4n) is 3.32. The van der Waals surface area contributed by atoms with Crippen LogP contribution in [0.25, 0.3) is 6.08 Å². The SMILES string of the molecule is COc1cc(/C=C/C(=O)NCc2cccc(OCCN3CCOCC3)c2)cc(Cl)c1OC. The molecule has 3 rings (SSSR count). The van der Waals surface area contributed by atoms with Crippen LogP contribution in [0, 0.1) is 0 Å². The third-order valence-electron chi connectivity index (χ3n) is 5.03. The van der Waals surface area contributed by atoms with Crippen molar-refractivity contribution < 1.29 is 23.7 Å². The van der Waals surface area contributed by atoms with Crippen LogP contribution in [0.15, 0.2) is 42.5 Å². The van der Waals surface area contributed by atoms with E-state index in [1.807, 2.05) is 24.3 Å². The van der Waals surface area contributed by atoms with Crippen molar-refractivity contribution in [2.24, 2.45) is 0 Å². The molecule has 1 fully saturated rings. The van der Waals surface area contributed by atoms with Crippen molar-refractivity contribution in [2.75, 3.05) is 53.7 Å². The van der Waals surface area contributed by atoms with Crippen LogP contribution in [-0.4, -0.2) is 64.5 Å². The van der Waals surface area contributed by atoms with Gasteiger partial charge in [0.1, 0.15) is 12.4 Å². The lowest BCUT2D eigenvalue weighted by Crippen LogP contribution is -2.38. The maximum atomic E-state index is 12.3. The zero-order chi connectivity index (χ0) is 22.8. The largest absolute Gasteiger partial charge is 0.493 e. The molecule has 2 aromatic carbocycles. The number of carbonyl (C=O) groups is 1. The van der Waals surface area contributed by atoms with Crippen LogP contribution in [0.4, 0.5) is 0 Å². The molecular weight excluding hydrogens is 432 g/mol. The molecule has 1 aliphatic rings. The van der Waals surface area contributed by atoms with E-state index in [9.17, 15) is 4.79 Å². The van der Waals surface area contributed by atoms with Crippen LogP contribution >= 0.6 is 11.6 Å². The molecule has 1 saturated heterocycles. The molecule has 0 spiro atoms. The molecule has 0 radical (unpaired) electrons. The molecule has 8 heteroatoms. The highest BCUT2D eigenvalue weighted by Gasteiger charge is 2.11. The summed E-state index contributed by atoms with van der Waals surface area (Å²) in [4.78, 5) is 14.6. The molecule has 1 amide bonds. The second-order valence-electron chi connectivity index (χ2n) is 7.24. The highest BCUT2D eigenvalue weighted by Crippen LogP contribution is 2.36. The van der Waals surface area contributed by atoms with E-state index >= 15 is 0 Å². The average molecular weight is 461 g/mol. The zero-order valence-corrected chi connectivity index (χ0v) is 19.2. The van der Waals surface area contributed by atoms with E-state index in [1.165, 1.54) is 20.3 Å². The summed E-state index contributed by atoms with van der Waals surface area (Å²) >= 11 is 6.21. The van der Waals surface area contributed by atoms with Gasteiger partial charge in [0.15, 0.2) is 11.5 Å². The minimum atomic E-state index is -0.213. The summed E-state index contributed by atoms with van der Waals surface area (Å²) in [5.74, 6) is 1.54. The quantitative estimate of drug-likeness (QED) is 0.548. The van der Waals surface area contributed by atoms with Gasteiger partial charge < -0.3 is 24.3 Å². The number of hydrogen-bond donors (Lipinski definition) is 1. The number of morpholine rings is 1. The number of benzene rings is 2. The number of nitrogens with one attached hydrogen (secondary N) is 1. The van der Waals surface area contributed by atoms with E-state index in [2.05, 4.69) is 10.2 Å². The molecule has 0 aromatic heterocycles. The molecule has 2 aromatic rings. The molecule has 1 aliphatic heterocycles. The van der Waals surface area contributed by atoms with Crippen molar-refractivity contribution in [3.8, 4) is 17.2 Å². The highest BCUT2D eigenvalue weighted by molar-refractivity contribution is 6.32. The minimum absolute atomic E-state index is 0.213. The van der Waals surface area contributed by atoms with Crippen LogP contribution in [0.5, 0.6) is 17.2 Å². The Hall–Kier alpha value is -2.74. The van der Waals surface area contributed by atoms with Gasteiger partial charge in [0.05, 0.1) is 32.5 Å². The van der Waals surface area contributed by atoms with E-state index in [-0.39, 0.29) is 5.91 Å². The molecule has 0 bridgehead atoms. The lowest BCUT2D eigenvalue weighted by atomic mass is 10.1. The van der Waals surface area contributed by atoms with Gasteiger partial charge in [-0.15, -0.1) is 0 Å². The molecule has 1 N–H and O–H groups in total. The van der Waals surface area contributed by atoms with E-state index in [0.717, 1.165) is 49.7 Å². The summed E-state index contributed by atoms with van der Waals surface area (Å²) in [5.41, 5.74) is 1.70. The first kappa shape index (κ1) is 23.9. The van der Waals surface area contributed by atoms with Crippen molar-refractivity contribution in [3.63, 3.8) is 0 Å². The standard InChI is InChI=1S/C24H29ClN2O5/c1-29-22-16-18(15-21(25)24(22)30-2)6-7-23(28)26-17-19-4-3-5-20(14-19)32-13-10-27-8-11-31-12-9-27/h3-7,14-16H,8-13,17H2,1-2H3,(H,26,28)/b7-6+. The van der Waals surface area contributed by atoms with Crippen LogP contribution < -0.4 is 19.5 Å². The molecule has 0 unspecified atom stereocenters. The maximum absolute atomic E-state index is 12.3.